The number of hydrogen-bond acceptors (Lipinski definition) is 3. The van der Waals surface area contributed by atoms with E-state index in [1.165, 1.54) is 0 Å². The normalized spacial score (nSPS) is 12.5. The molecule has 1 atom stereocenters. The fourth-order valence-electron chi connectivity index (χ4n) is 1.73. The Kier molecular flexibility index (Phi) is 5.26. The second-order valence-electron chi connectivity index (χ2n) is 5.70. The van der Waals surface area contributed by atoms with Crippen molar-refractivity contribution in [1.82, 2.24) is 4.90 Å². The summed E-state index contributed by atoms with van der Waals surface area (Å²) in [6, 6.07) is 12.1. The number of rotatable bonds is 4. The highest BCUT2D eigenvalue weighted by molar-refractivity contribution is 6.75. The van der Waals surface area contributed by atoms with E-state index < -0.39 is 8.24 Å². The van der Waals surface area contributed by atoms with Gasteiger partial charge in [-0.2, -0.15) is 5.26 Å². The number of nitrogens with zero attached hydrogens (tertiary/aromatic N) is 3. The Morgan fingerprint density at radius 1 is 1.21 bits per heavy atom. The van der Waals surface area contributed by atoms with E-state index in [4.69, 9.17) is 0 Å². The van der Waals surface area contributed by atoms with Crippen molar-refractivity contribution in [3.8, 4) is 6.07 Å². The Hall–Kier alpha value is -1.66. The van der Waals surface area contributed by atoms with Gasteiger partial charge in [0, 0.05) is 0 Å². The minimum absolute atomic E-state index is 0.0914. The van der Waals surface area contributed by atoms with E-state index in [9.17, 15) is 5.26 Å². The van der Waals surface area contributed by atoms with Crippen LogP contribution in [0.25, 0.3) is 0 Å². The van der Waals surface area contributed by atoms with Gasteiger partial charge in [0.1, 0.15) is 11.6 Å². The van der Waals surface area contributed by atoms with Crippen LogP contribution in [0.2, 0.25) is 19.6 Å². The minimum atomic E-state index is -1.59. The summed E-state index contributed by atoms with van der Waals surface area (Å²) >= 11 is 0. The molecule has 1 rings (SSSR count). The summed E-state index contributed by atoms with van der Waals surface area (Å²) in [4.78, 5) is 2.01. The molecule has 0 aromatic heterocycles. The van der Waals surface area contributed by atoms with Crippen molar-refractivity contribution in [1.29, 1.82) is 5.26 Å². The van der Waals surface area contributed by atoms with Crippen LogP contribution < -0.4 is 0 Å². The standard InChI is InChI=1S/C15H21N3Si/c1-18(2)15(13-9-7-6-8-10-13)14(11-16)12-17-19(3,4)5/h6-10,15H,1-5H3. The molecule has 0 amide bonds. The van der Waals surface area contributed by atoms with Crippen molar-refractivity contribution < 1.29 is 0 Å². The van der Waals surface area contributed by atoms with Crippen LogP contribution >= 0.6 is 0 Å². The zero-order valence-electron chi connectivity index (χ0n) is 12.3. The van der Waals surface area contributed by atoms with Crippen LogP contribution in [0.15, 0.2) is 40.6 Å². The van der Waals surface area contributed by atoms with Gasteiger partial charge in [-0.05, 0) is 45.2 Å². The second-order valence-corrected chi connectivity index (χ2v) is 10.3. The third-order valence-corrected chi connectivity index (χ3v) is 3.32. The Bertz CT molecular complexity index is 515. The van der Waals surface area contributed by atoms with E-state index in [0.717, 1.165) is 5.56 Å². The quantitative estimate of drug-likeness (QED) is 0.479. The molecule has 0 heterocycles. The van der Waals surface area contributed by atoms with Gasteiger partial charge >= 0.3 is 0 Å². The zero-order valence-corrected chi connectivity index (χ0v) is 13.3. The molecular weight excluding hydrogens is 250 g/mol. The second kappa shape index (κ2) is 6.49. The molecule has 1 unspecified atom stereocenters. The molecule has 0 saturated heterocycles. The first-order chi connectivity index (χ1) is 8.85. The lowest BCUT2D eigenvalue weighted by molar-refractivity contribution is 0.344. The van der Waals surface area contributed by atoms with Crippen molar-refractivity contribution in [2.45, 2.75) is 25.7 Å². The van der Waals surface area contributed by atoms with Gasteiger partial charge in [0.25, 0.3) is 0 Å². The molecule has 0 radical (unpaired) electrons. The van der Waals surface area contributed by atoms with Gasteiger partial charge in [0.15, 0.2) is 8.24 Å². The number of likely N-dealkylation sites (N-methyl/N-ethyl adjacent to an activating group) is 1. The minimum Gasteiger partial charge on any atom is -0.297 e. The molecule has 0 spiro atoms. The van der Waals surface area contributed by atoms with Crippen molar-refractivity contribution >= 4 is 14.1 Å². The Labute approximate surface area is 117 Å². The molecule has 0 bridgehead atoms. The summed E-state index contributed by atoms with van der Waals surface area (Å²) in [6.45, 7) is 6.38. The van der Waals surface area contributed by atoms with Crippen molar-refractivity contribution in [3.63, 3.8) is 0 Å². The highest BCUT2D eigenvalue weighted by Gasteiger charge is 2.19. The maximum absolute atomic E-state index is 9.38. The van der Waals surface area contributed by atoms with Crippen LogP contribution in [0.5, 0.6) is 0 Å². The number of benzene rings is 1. The lowest BCUT2D eigenvalue weighted by atomic mass is 10.00. The van der Waals surface area contributed by atoms with Crippen molar-refractivity contribution in [3.05, 3.63) is 41.5 Å². The molecule has 0 fully saturated rings. The first-order valence-corrected chi connectivity index (χ1v) is 9.76. The van der Waals surface area contributed by atoms with Gasteiger partial charge in [-0.1, -0.05) is 30.3 Å². The highest BCUT2D eigenvalue weighted by Crippen LogP contribution is 2.24. The van der Waals surface area contributed by atoms with Gasteiger partial charge < -0.3 is 0 Å². The lowest BCUT2D eigenvalue weighted by Gasteiger charge is -2.22. The Morgan fingerprint density at radius 3 is 2.21 bits per heavy atom. The highest BCUT2D eigenvalue weighted by atomic mass is 28.3. The van der Waals surface area contributed by atoms with E-state index in [1.807, 2.05) is 49.3 Å². The summed E-state index contributed by atoms with van der Waals surface area (Å²) in [5.41, 5.74) is 1.65. The predicted molar refractivity (Wildman–Crippen MR) is 82.8 cm³/mol. The smallest absolute Gasteiger partial charge is 0.184 e. The summed E-state index contributed by atoms with van der Waals surface area (Å²) < 4.78 is 4.46. The van der Waals surface area contributed by atoms with E-state index in [2.05, 4.69) is 36.2 Å². The molecule has 3 nitrogen and oxygen atoms in total. The third-order valence-electron chi connectivity index (χ3n) is 2.54. The molecular formula is C15H21N3Si. The van der Waals surface area contributed by atoms with E-state index in [0.29, 0.717) is 5.57 Å². The molecule has 1 aromatic rings. The van der Waals surface area contributed by atoms with E-state index >= 15 is 0 Å². The summed E-state index contributed by atoms with van der Waals surface area (Å²) in [5, 5.41) is 9.38. The average Bonchev–Trinajstić information content (AvgIpc) is 2.33. The van der Waals surface area contributed by atoms with Crippen molar-refractivity contribution in [2.75, 3.05) is 14.1 Å². The number of hydrogen-bond donors (Lipinski definition) is 0. The first kappa shape index (κ1) is 15.4. The summed E-state index contributed by atoms with van der Waals surface area (Å²) in [6.07, 6.45) is 0. The lowest BCUT2D eigenvalue weighted by Crippen LogP contribution is -2.22. The third kappa shape index (κ3) is 4.84. The molecule has 0 N–H and O–H groups in total. The van der Waals surface area contributed by atoms with Gasteiger partial charge in [0.2, 0.25) is 0 Å². The van der Waals surface area contributed by atoms with Crippen molar-refractivity contribution in [2.24, 2.45) is 4.66 Å². The molecule has 0 aliphatic heterocycles. The van der Waals surface area contributed by atoms with Gasteiger partial charge in [-0.25, -0.2) is 0 Å². The van der Waals surface area contributed by atoms with Crippen LogP contribution in [-0.4, -0.2) is 33.1 Å². The van der Waals surface area contributed by atoms with E-state index in [-0.39, 0.29) is 6.04 Å². The molecule has 19 heavy (non-hydrogen) atoms. The fraction of sp³-hybridized carbons (Fsp3) is 0.400. The average molecular weight is 271 g/mol. The SMILES string of the molecule is CN(C)C(C(=C=N[Si](C)(C)C)C#N)c1ccccc1. The van der Waals surface area contributed by atoms with Gasteiger partial charge in [-0.3, -0.25) is 9.56 Å². The van der Waals surface area contributed by atoms with Crippen LogP contribution in [0.4, 0.5) is 0 Å². The molecule has 100 valence electrons. The molecule has 0 saturated carbocycles. The van der Waals surface area contributed by atoms with Crippen LogP contribution in [-0.2, 0) is 0 Å². The van der Waals surface area contributed by atoms with Gasteiger partial charge in [0.05, 0.1) is 6.04 Å². The van der Waals surface area contributed by atoms with Crippen LogP contribution in [0.3, 0.4) is 0 Å². The monoisotopic (exact) mass is 271 g/mol. The topological polar surface area (TPSA) is 39.4 Å². The Morgan fingerprint density at radius 2 is 1.79 bits per heavy atom. The maximum atomic E-state index is 9.38. The van der Waals surface area contributed by atoms with Crippen LogP contribution in [0, 0.1) is 11.3 Å². The molecule has 4 heteroatoms. The summed E-state index contributed by atoms with van der Waals surface area (Å²) in [7, 11) is 2.33. The Balaban J connectivity index is 3.27. The van der Waals surface area contributed by atoms with Gasteiger partial charge in [-0.15, -0.1) is 0 Å². The largest absolute Gasteiger partial charge is 0.297 e. The first-order valence-electron chi connectivity index (χ1n) is 6.31. The summed E-state index contributed by atoms with van der Waals surface area (Å²) in [5.74, 6) is 2.99. The predicted octanol–water partition coefficient (Wildman–Crippen LogP) is 3.24. The molecule has 1 aromatic carbocycles. The molecule has 0 aliphatic carbocycles. The number of nitriles is 1. The molecule has 0 aliphatic rings. The maximum Gasteiger partial charge on any atom is 0.184 e. The van der Waals surface area contributed by atoms with E-state index in [1.54, 1.807) is 0 Å². The van der Waals surface area contributed by atoms with Crippen LogP contribution in [0.1, 0.15) is 11.6 Å². The fourth-order valence-corrected chi connectivity index (χ4v) is 2.19. The zero-order chi connectivity index (χ0) is 14.5.